The van der Waals surface area contributed by atoms with Crippen molar-refractivity contribution in [2.45, 2.75) is 232 Å². The quantitative estimate of drug-likeness (QED) is 0.0472. The highest BCUT2D eigenvalue weighted by atomic mass is 16.3. The third kappa shape index (κ3) is 37.5. The van der Waals surface area contributed by atoms with E-state index in [9.17, 15) is 15.3 Å². The zero-order valence-corrected chi connectivity index (χ0v) is 34.6. The first-order valence-corrected chi connectivity index (χ1v) is 22.6. The van der Waals surface area contributed by atoms with Crippen molar-refractivity contribution in [1.29, 1.82) is 0 Å². The van der Waals surface area contributed by atoms with Gasteiger partial charge in [0.1, 0.15) is 0 Å². The van der Waals surface area contributed by atoms with Crippen molar-refractivity contribution in [1.82, 2.24) is 15.1 Å². The minimum absolute atomic E-state index is 0.250. The summed E-state index contributed by atoms with van der Waals surface area (Å²) in [6, 6.07) is 0. The number of unbranched alkanes of at least 4 members (excludes halogenated alkanes) is 24. The Bertz CT molecular complexity index is 610. The summed E-state index contributed by atoms with van der Waals surface area (Å²) in [4.78, 5) is 4.66. The van der Waals surface area contributed by atoms with E-state index in [2.05, 4.69) is 42.9 Å². The Labute approximate surface area is 314 Å². The molecular formula is C44H93N3O3. The largest absolute Gasteiger partial charge is 0.392 e. The van der Waals surface area contributed by atoms with Gasteiger partial charge in [0, 0.05) is 45.8 Å². The average Bonchev–Trinajstić information content (AvgIpc) is 3.10. The van der Waals surface area contributed by atoms with Gasteiger partial charge in [-0.25, -0.2) is 0 Å². The molecule has 0 saturated carbocycles. The SMILES string of the molecule is CCCCCCCCCCCC(O)CNCCN(C)CCN(CC(O)CCCCCCCCCCC)CC(O)CCCCCCCCCCC. The molecule has 0 aromatic carbocycles. The van der Waals surface area contributed by atoms with Crippen LogP contribution in [-0.4, -0.2) is 96.3 Å². The molecule has 0 bridgehead atoms. The van der Waals surface area contributed by atoms with Gasteiger partial charge >= 0.3 is 0 Å². The smallest absolute Gasteiger partial charge is 0.0667 e. The topological polar surface area (TPSA) is 79.2 Å². The number of likely N-dealkylation sites (N-methyl/N-ethyl adjacent to an activating group) is 1. The summed E-state index contributed by atoms with van der Waals surface area (Å²) in [5.74, 6) is 0. The van der Waals surface area contributed by atoms with Crippen molar-refractivity contribution in [2.24, 2.45) is 0 Å². The maximum absolute atomic E-state index is 10.9. The van der Waals surface area contributed by atoms with Gasteiger partial charge in [-0.1, -0.05) is 194 Å². The summed E-state index contributed by atoms with van der Waals surface area (Å²) in [5.41, 5.74) is 0. The molecule has 302 valence electrons. The van der Waals surface area contributed by atoms with Crippen LogP contribution >= 0.6 is 0 Å². The molecule has 3 unspecified atom stereocenters. The van der Waals surface area contributed by atoms with Crippen molar-refractivity contribution >= 4 is 0 Å². The number of hydrogen-bond donors (Lipinski definition) is 4. The Morgan fingerprint density at radius 3 is 1.08 bits per heavy atom. The maximum Gasteiger partial charge on any atom is 0.0667 e. The predicted molar refractivity (Wildman–Crippen MR) is 220 cm³/mol. The molecule has 3 atom stereocenters. The summed E-state index contributed by atoms with van der Waals surface area (Å²) >= 11 is 0. The first-order valence-electron chi connectivity index (χ1n) is 22.6. The van der Waals surface area contributed by atoms with Gasteiger partial charge < -0.3 is 25.5 Å². The van der Waals surface area contributed by atoms with E-state index in [1.165, 1.54) is 154 Å². The maximum atomic E-state index is 10.9. The Hall–Kier alpha value is -0.240. The molecular weight excluding hydrogens is 619 g/mol. The summed E-state index contributed by atoms with van der Waals surface area (Å²) < 4.78 is 0. The van der Waals surface area contributed by atoms with Crippen LogP contribution in [0.25, 0.3) is 0 Å². The van der Waals surface area contributed by atoms with E-state index in [1.54, 1.807) is 0 Å². The molecule has 0 aliphatic carbocycles. The number of aliphatic hydroxyl groups excluding tert-OH is 3. The van der Waals surface area contributed by atoms with Gasteiger partial charge in [-0.3, -0.25) is 4.90 Å². The van der Waals surface area contributed by atoms with Crippen LogP contribution in [0.2, 0.25) is 0 Å². The molecule has 0 aromatic rings. The molecule has 0 fully saturated rings. The lowest BCUT2D eigenvalue weighted by Gasteiger charge is -2.29. The molecule has 0 spiro atoms. The van der Waals surface area contributed by atoms with Crippen LogP contribution in [0, 0.1) is 0 Å². The minimum Gasteiger partial charge on any atom is -0.392 e. The molecule has 0 radical (unpaired) electrons. The lowest BCUT2D eigenvalue weighted by Crippen LogP contribution is -2.43. The Morgan fingerprint density at radius 1 is 0.400 bits per heavy atom. The van der Waals surface area contributed by atoms with Gasteiger partial charge in [0.15, 0.2) is 0 Å². The van der Waals surface area contributed by atoms with E-state index in [0.717, 1.165) is 64.7 Å². The number of rotatable bonds is 42. The van der Waals surface area contributed by atoms with Crippen molar-refractivity contribution in [2.75, 3.05) is 52.9 Å². The van der Waals surface area contributed by atoms with Crippen LogP contribution in [0.3, 0.4) is 0 Å². The normalized spacial score (nSPS) is 13.9. The van der Waals surface area contributed by atoms with Gasteiger partial charge in [-0.2, -0.15) is 0 Å². The molecule has 6 heteroatoms. The van der Waals surface area contributed by atoms with Crippen molar-refractivity contribution in [3.8, 4) is 0 Å². The zero-order chi connectivity index (χ0) is 36.8. The predicted octanol–water partition coefficient (Wildman–Crippen LogP) is 10.7. The second-order valence-electron chi connectivity index (χ2n) is 16.1. The lowest BCUT2D eigenvalue weighted by atomic mass is 10.0. The molecule has 0 heterocycles. The molecule has 0 aliphatic rings. The third-order valence-electron chi connectivity index (χ3n) is 10.7. The molecule has 50 heavy (non-hydrogen) atoms. The monoisotopic (exact) mass is 712 g/mol. The van der Waals surface area contributed by atoms with Crippen LogP contribution in [0.5, 0.6) is 0 Å². The van der Waals surface area contributed by atoms with Crippen molar-refractivity contribution < 1.29 is 15.3 Å². The van der Waals surface area contributed by atoms with E-state index >= 15 is 0 Å². The molecule has 0 rings (SSSR count). The lowest BCUT2D eigenvalue weighted by molar-refractivity contribution is 0.0563. The molecule has 4 N–H and O–H groups in total. The summed E-state index contributed by atoms with van der Waals surface area (Å²) in [6.07, 6.45) is 37.0. The van der Waals surface area contributed by atoms with E-state index in [0.29, 0.717) is 19.6 Å². The first-order chi connectivity index (χ1) is 24.4. The van der Waals surface area contributed by atoms with Crippen LogP contribution in [0.4, 0.5) is 0 Å². The van der Waals surface area contributed by atoms with Crippen LogP contribution in [0.15, 0.2) is 0 Å². The van der Waals surface area contributed by atoms with Crippen LogP contribution in [-0.2, 0) is 0 Å². The highest BCUT2D eigenvalue weighted by molar-refractivity contribution is 4.72. The Morgan fingerprint density at radius 2 is 0.720 bits per heavy atom. The highest BCUT2D eigenvalue weighted by Gasteiger charge is 2.17. The molecule has 6 nitrogen and oxygen atoms in total. The second-order valence-corrected chi connectivity index (χ2v) is 16.1. The van der Waals surface area contributed by atoms with Gasteiger partial charge in [-0.05, 0) is 26.3 Å². The second kappa shape index (κ2) is 40.0. The molecule has 0 saturated heterocycles. The van der Waals surface area contributed by atoms with E-state index in [-0.39, 0.29) is 18.3 Å². The van der Waals surface area contributed by atoms with E-state index in [1.807, 2.05) is 0 Å². The van der Waals surface area contributed by atoms with Crippen LogP contribution < -0.4 is 5.32 Å². The van der Waals surface area contributed by atoms with Gasteiger partial charge in [0.05, 0.1) is 18.3 Å². The molecule has 0 aromatic heterocycles. The zero-order valence-electron chi connectivity index (χ0n) is 34.6. The summed E-state index contributed by atoms with van der Waals surface area (Å²) in [7, 11) is 2.16. The first kappa shape index (κ1) is 49.8. The molecule has 0 aliphatic heterocycles. The number of nitrogens with zero attached hydrogens (tertiary/aromatic N) is 2. The highest BCUT2D eigenvalue weighted by Crippen LogP contribution is 2.15. The summed E-state index contributed by atoms with van der Waals surface area (Å²) in [5, 5.41) is 35.8. The fourth-order valence-corrected chi connectivity index (χ4v) is 7.17. The van der Waals surface area contributed by atoms with E-state index < -0.39 is 0 Å². The Balaban J connectivity index is 4.35. The van der Waals surface area contributed by atoms with Crippen LogP contribution in [0.1, 0.15) is 213 Å². The Kier molecular flexibility index (Phi) is 39.8. The number of nitrogens with one attached hydrogen (secondary N) is 1. The number of aliphatic hydroxyl groups is 3. The fourth-order valence-electron chi connectivity index (χ4n) is 7.17. The fraction of sp³-hybridized carbons (Fsp3) is 1.00. The van der Waals surface area contributed by atoms with Gasteiger partial charge in [0.2, 0.25) is 0 Å². The number of hydrogen-bond acceptors (Lipinski definition) is 6. The summed E-state index contributed by atoms with van der Waals surface area (Å²) in [6.45, 7) is 12.4. The van der Waals surface area contributed by atoms with Crippen molar-refractivity contribution in [3.63, 3.8) is 0 Å². The minimum atomic E-state index is -0.321. The third-order valence-corrected chi connectivity index (χ3v) is 10.7. The van der Waals surface area contributed by atoms with Gasteiger partial charge in [-0.15, -0.1) is 0 Å². The average molecular weight is 712 g/mol. The van der Waals surface area contributed by atoms with E-state index in [4.69, 9.17) is 0 Å². The molecule has 0 amide bonds. The van der Waals surface area contributed by atoms with Crippen molar-refractivity contribution in [3.05, 3.63) is 0 Å². The van der Waals surface area contributed by atoms with Gasteiger partial charge in [0.25, 0.3) is 0 Å². The standard InChI is InChI=1S/C44H93N3O3/c1-5-8-11-14-17-20-23-26-29-32-42(48)39-45-35-36-46(4)37-38-47(40-43(49)33-30-27-24-21-18-15-12-9-6-2)41-44(50)34-31-28-25-22-19-16-13-10-7-3/h42-45,48-50H,5-41H2,1-4H3.